The number of hydrogen-bond donors (Lipinski definition) is 2. The molecule has 4 rings (SSSR count). The highest BCUT2D eigenvalue weighted by Crippen LogP contribution is 2.31. The number of anilines is 1. The van der Waals surface area contributed by atoms with E-state index in [0.717, 1.165) is 22.0 Å². The summed E-state index contributed by atoms with van der Waals surface area (Å²) in [5.74, 6) is 0.519. The van der Waals surface area contributed by atoms with Crippen LogP contribution in [-0.2, 0) is 16.0 Å². The monoisotopic (exact) mass is 454 g/mol. The van der Waals surface area contributed by atoms with Gasteiger partial charge in [-0.05, 0) is 30.2 Å². The summed E-state index contributed by atoms with van der Waals surface area (Å²) < 4.78 is 5.32. The van der Waals surface area contributed by atoms with Crippen molar-refractivity contribution in [2.45, 2.75) is 13.3 Å². The fraction of sp³-hybridized carbons (Fsp3) is 0.333. The summed E-state index contributed by atoms with van der Waals surface area (Å²) in [6.07, 6.45) is 2.29. The van der Waals surface area contributed by atoms with Crippen LogP contribution in [-0.4, -0.2) is 66.4 Å². The average Bonchev–Trinajstić information content (AvgIpc) is 3.19. The van der Waals surface area contributed by atoms with Crippen molar-refractivity contribution in [3.8, 4) is 5.75 Å². The number of fused-ring (bicyclic) bond motifs is 1. The molecule has 1 aliphatic heterocycles. The van der Waals surface area contributed by atoms with Gasteiger partial charge < -0.3 is 19.9 Å². The Morgan fingerprint density at radius 3 is 2.66 bits per heavy atom. The van der Waals surface area contributed by atoms with Gasteiger partial charge in [0.2, 0.25) is 11.8 Å². The highest BCUT2D eigenvalue weighted by Gasteiger charge is 2.23. The maximum Gasteiger partial charge on any atom is 0.238 e. The molecule has 32 heavy (non-hydrogen) atoms. The Hall–Kier alpha value is -3.03. The molecule has 1 fully saturated rings. The molecule has 2 aromatic carbocycles. The Labute approximate surface area is 192 Å². The Kier molecular flexibility index (Phi) is 6.67. The number of nitrogens with zero attached hydrogens (tertiary/aromatic N) is 2. The smallest absolute Gasteiger partial charge is 0.238 e. The maximum absolute atomic E-state index is 12.8. The summed E-state index contributed by atoms with van der Waals surface area (Å²) in [7, 11) is 1.54. The van der Waals surface area contributed by atoms with Crippen molar-refractivity contribution in [1.29, 1.82) is 0 Å². The van der Waals surface area contributed by atoms with Crippen molar-refractivity contribution in [3.05, 3.63) is 58.7 Å². The summed E-state index contributed by atoms with van der Waals surface area (Å²) in [6.45, 7) is 4.67. The number of benzene rings is 2. The number of hydrogen-bond acceptors (Lipinski definition) is 4. The number of ether oxygens (including phenoxy) is 1. The molecular formula is C24H27ClN4O3. The molecule has 1 aromatic heterocycles. The third-order valence-corrected chi connectivity index (χ3v) is 6.27. The van der Waals surface area contributed by atoms with Crippen molar-refractivity contribution >= 4 is 40.0 Å². The van der Waals surface area contributed by atoms with E-state index in [0.29, 0.717) is 49.1 Å². The van der Waals surface area contributed by atoms with E-state index in [1.54, 1.807) is 19.2 Å². The van der Waals surface area contributed by atoms with E-state index in [1.165, 1.54) is 0 Å². The van der Waals surface area contributed by atoms with E-state index in [2.05, 4.69) is 15.2 Å². The highest BCUT2D eigenvalue weighted by atomic mass is 35.5. The van der Waals surface area contributed by atoms with Gasteiger partial charge in [-0.15, -0.1) is 0 Å². The van der Waals surface area contributed by atoms with E-state index in [9.17, 15) is 9.59 Å². The fourth-order valence-corrected chi connectivity index (χ4v) is 4.18. The second kappa shape index (κ2) is 9.63. The van der Waals surface area contributed by atoms with Crippen LogP contribution >= 0.6 is 11.6 Å². The lowest BCUT2D eigenvalue weighted by Gasteiger charge is -2.34. The van der Waals surface area contributed by atoms with Crippen molar-refractivity contribution < 1.29 is 14.3 Å². The Morgan fingerprint density at radius 2 is 1.91 bits per heavy atom. The van der Waals surface area contributed by atoms with Crippen molar-refractivity contribution in [1.82, 2.24) is 14.8 Å². The first-order valence-electron chi connectivity index (χ1n) is 10.6. The molecule has 0 atom stereocenters. The molecule has 0 aliphatic carbocycles. The molecule has 0 saturated carbocycles. The van der Waals surface area contributed by atoms with E-state index in [4.69, 9.17) is 16.3 Å². The number of aromatic nitrogens is 1. The number of methoxy groups -OCH3 is 1. The zero-order valence-electron chi connectivity index (χ0n) is 18.3. The first kappa shape index (κ1) is 22.2. The molecular weight excluding hydrogens is 428 g/mol. The molecule has 7 nitrogen and oxygen atoms in total. The van der Waals surface area contributed by atoms with Crippen molar-refractivity contribution in [2.75, 3.05) is 45.2 Å². The number of piperazine rings is 1. The van der Waals surface area contributed by atoms with Gasteiger partial charge in [-0.25, -0.2) is 0 Å². The lowest BCUT2D eigenvalue weighted by Crippen LogP contribution is -2.50. The molecule has 0 radical (unpaired) electrons. The Morgan fingerprint density at radius 1 is 1.16 bits per heavy atom. The normalized spacial score (nSPS) is 14.5. The van der Waals surface area contributed by atoms with Crippen LogP contribution in [0.3, 0.4) is 0 Å². The van der Waals surface area contributed by atoms with Crippen LogP contribution in [0.25, 0.3) is 10.9 Å². The SMILES string of the molecule is COc1cc(Cl)c(C)cc1NC(=O)CN1CCN(C(=O)Cc2c[nH]c3ccccc23)CC1. The number of aryl methyl sites for hydroxylation is 1. The quantitative estimate of drug-likeness (QED) is 0.598. The van der Waals surface area contributed by atoms with E-state index in [-0.39, 0.29) is 18.4 Å². The van der Waals surface area contributed by atoms with Crippen LogP contribution in [0.5, 0.6) is 5.75 Å². The topological polar surface area (TPSA) is 77.7 Å². The van der Waals surface area contributed by atoms with Gasteiger partial charge in [-0.1, -0.05) is 29.8 Å². The van der Waals surface area contributed by atoms with Gasteiger partial charge in [-0.3, -0.25) is 14.5 Å². The Bertz CT molecular complexity index is 1140. The van der Waals surface area contributed by atoms with Crippen LogP contribution in [0, 0.1) is 6.92 Å². The highest BCUT2D eigenvalue weighted by molar-refractivity contribution is 6.31. The number of rotatable bonds is 6. The van der Waals surface area contributed by atoms with Gasteiger partial charge in [0.05, 0.1) is 25.8 Å². The molecule has 0 bridgehead atoms. The largest absolute Gasteiger partial charge is 0.495 e. The van der Waals surface area contributed by atoms with Gasteiger partial charge in [-0.2, -0.15) is 0 Å². The molecule has 0 spiro atoms. The number of H-pyrrole nitrogens is 1. The van der Waals surface area contributed by atoms with Gasteiger partial charge in [0.25, 0.3) is 0 Å². The zero-order valence-corrected chi connectivity index (χ0v) is 19.0. The number of aromatic amines is 1. The maximum atomic E-state index is 12.8. The van der Waals surface area contributed by atoms with Crippen LogP contribution < -0.4 is 10.1 Å². The predicted octanol–water partition coefficient (Wildman–Crippen LogP) is 3.46. The first-order chi connectivity index (χ1) is 15.4. The number of amides is 2. The minimum Gasteiger partial charge on any atom is -0.495 e. The van der Waals surface area contributed by atoms with Gasteiger partial charge in [0.15, 0.2) is 0 Å². The van der Waals surface area contributed by atoms with Crippen LogP contribution in [0.2, 0.25) is 5.02 Å². The molecule has 1 saturated heterocycles. The second-order valence-electron chi connectivity index (χ2n) is 8.04. The standard InChI is InChI=1S/C24H27ClN4O3/c1-16-11-21(22(32-2)13-19(16)25)27-23(30)15-28-7-9-29(10-8-28)24(31)12-17-14-26-20-6-4-3-5-18(17)20/h3-6,11,13-14,26H,7-10,12,15H2,1-2H3,(H,27,30). The molecule has 8 heteroatoms. The van der Waals surface area contributed by atoms with Gasteiger partial charge in [0.1, 0.15) is 5.75 Å². The first-order valence-corrected chi connectivity index (χ1v) is 11.0. The minimum absolute atomic E-state index is 0.111. The number of carbonyl (C=O) groups excluding carboxylic acids is 2. The van der Waals surface area contributed by atoms with E-state index in [1.807, 2.05) is 42.3 Å². The van der Waals surface area contributed by atoms with Crippen LogP contribution in [0.4, 0.5) is 5.69 Å². The summed E-state index contributed by atoms with van der Waals surface area (Å²) in [6, 6.07) is 11.5. The molecule has 0 unspecified atom stereocenters. The third kappa shape index (κ3) is 4.89. The van der Waals surface area contributed by atoms with E-state index < -0.39 is 0 Å². The Balaban J connectivity index is 1.29. The number of carbonyl (C=O) groups is 2. The fourth-order valence-electron chi connectivity index (χ4n) is 4.03. The number of para-hydroxylation sites is 1. The summed E-state index contributed by atoms with van der Waals surface area (Å²) in [5.41, 5.74) is 3.52. The van der Waals surface area contributed by atoms with Crippen LogP contribution in [0.15, 0.2) is 42.6 Å². The average molecular weight is 455 g/mol. The molecule has 2 N–H and O–H groups in total. The molecule has 1 aliphatic rings. The van der Waals surface area contributed by atoms with Gasteiger partial charge in [0, 0.05) is 54.4 Å². The summed E-state index contributed by atoms with van der Waals surface area (Å²) >= 11 is 6.13. The van der Waals surface area contributed by atoms with Crippen LogP contribution in [0.1, 0.15) is 11.1 Å². The molecule has 3 aromatic rings. The third-order valence-electron chi connectivity index (χ3n) is 5.86. The second-order valence-corrected chi connectivity index (χ2v) is 8.45. The summed E-state index contributed by atoms with van der Waals surface area (Å²) in [5, 5.41) is 4.59. The molecule has 2 heterocycles. The van der Waals surface area contributed by atoms with Crippen molar-refractivity contribution in [3.63, 3.8) is 0 Å². The number of halogens is 1. The summed E-state index contributed by atoms with van der Waals surface area (Å²) in [4.78, 5) is 32.5. The predicted molar refractivity (Wildman–Crippen MR) is 126 cm³/mol. The molecule has 168 valence electrons. The lowest BCUT2D eigenvalue weighted by molar-refractivity contribution is -0.132. The lowest BCUT2D eigenvalue weighted by atomic mass is 10.1. The number of nitrogens with one attached hydrogen (secondary N) is 2. The minimum atomic E-state index is -0.122. The van der Waals surface area contributed by atoms with Gasteiger partial charge >= 0.3 is 0 Å². The van der Waals surface area contributed by atoms with Crippen molar-refractivity contribution in [2.24, 2.45) is 0 Å². The zero-order chi connectivity index (χ0) is 22.7. The van der Waals surface area contributed by atoms with E-state index >= 15 is 0 Å². The molecule has 2 amide bonds.